The van der Waals surface area contributed by atoms with Crippen LogP contribution in [0.5, 0.6) is 0 Å². The van der Waals surface area contributed by atoms with Crippen molar-refractivity contribution in [3.63, 3.8) is 0 Å². The van der Waals surface area contributed by atoms with Crippen molar-refractivity contribution in [2.24, 2.45) is 0 Å². The van der Waals surface area contributed by atoms with Crippen molar-refractivity contribution in [3.8, 4) is 11.5 Å². The van der Waals surface area contributed by atoms with E-state index in [-0.39, 0.29) is 0 Å². The second-order valence-corrected chi connectivity index (χ2v) is 9.69. The molecule has 0 heterocycles. The zero-order chi connectivity index (χ0) is 11.5. The second-order valence-electron chi connectivity index (χ2n) is 4.94. The first-order chi connectivity index (χ1) is 6.88. The summed E-state index contributed by atoms with van der Waals surface area (Å²) in [4.78, 5) is 2.09. The molecule has 0 N–H and O–H groups in total. The largest absolute Gasteiger partial charge is 0.378 e. The van der Waals surface area contributed by atoms with Crippen LogP contribution in [0, 0.1) is 11.5 Å². The molecule has 80 valence electrons. The van der Waals surface area contributed by atoms with Crippen LogP contribution in [0.25, 0.3) is 0 Å². The van der Waals surface area contributed by atoms with Gasteiger partial charge >= 0.3 is 0 Å². The SMILES string of the molecule is CN(C)c1ccc(C#C[Si](C)(C)C)cc1. The van der Waals surface area contributed by atoms with E-state index in [9.17, 15) is 0 Å². The molecule has 1 aromatic rings. The summed E-state index contributed by atoms with van der Waals surface area (Å²) in [6, 6.07) is 8.38. The third-order valence-electron chi connectivity index (χ3n) is 1.97. The molecule has 0 saturated carbocycles. The molecule has 0 aliphatic rings. The van der Waals surface area contributed by atoms with E-state index in [0.717, 1.165) is 5.56 Å². The molecule has 0 bridgehead atoms. The maximum Gasteiger partial charge on any atom is 0.129 e. The van der Waals surface area contributed by atoms with Gasteiger partial charge in [-0.25, -0.2) is 0 Å². The van der Waals surface area contributed by atoms with Crippen LogP contribution < -0.4 is 4.90 Å². The first-order valence-electron chi connectivity index (χ1n) is 5.19. The lowest BCUT2D eigenvalue weighted by molar-refractivity contribution is 1.13. The lowest BCUT2D eigenvalue weighted by atomic mass is 10.2. The Morgan fingerprint density at radius 1 is 1.00 bits per heavy atom. The molecule has 0 aliphatic heterocycles. The average Bonchev–Trinajstić information content (AvgIpc) is 2.14. The molecular formula is C13H19NSi. The van der Waals surface area contributed by atoms with Gasteiger partial charge in [0.1, 0.15) is 8.07 Å². The van der Waals surface area contributed by atoms with Crippen LogP contribution in [-0.2, 0) is 0 Å². The second kappa shape index (κ2) is 4.54. The molecule has 15 heavy (non-hydrogen) atoms. The minimum absolute atomic E-state index is 1.11. The van der Waals surface area contributed by atoms with Gasteiger partial charge in [0.25, 0.3) is 0 Å². The molecule has 0 unspecified atom stereocenters. The van der Waals surface area contributed by atoms with Crippen molar-refractivity contribution in [1.29, 1.82) is 0 Å². The number of hydrogen-bond donors (Lipinski definition) is 0. The van der Waals surface area contributed by atoms with E-state index in [0.29, 0.717) is 0 Å². The van der Waals surface area contributed by atoms with Crippen LogP contribution in [0.3, 0.4) is 0 Å². The zero-order valence-electron chi connectivity index (χ0n) is 10.3. The summed E-state index contributed by atoms with van der Waals surface area (Å²) in [7, 11) is 2.84. The summed E-state index contributed by atoms with van der Waals surface area (Å²) in [5.74, 6) is 3.24. The van der Waals surface area contributed by atoms with E-state index in [2.05, 4.69) is 60.3 Å². The lowest BCUT2D eigenvalue weighted by Gasteiger charge is -2.11. The highest BCUT2D eigenvalue weighted by Gasteiger charge is 2.07. The van der Waals surface area contributed by atoms with Gasteiger partial charge in [-0.2, -0.15) is 0 Å². The molecule has 2 heteroatoms. The number of hydrogen-bond acceptors (Lipinski definition) is 1. The van der Waals surface area contributed by atoms with Crippen LogP contribution in [0.1, 0.15) is 5.56 Å². The third kappa shape index (κ3) is 4.22. The molecule has 1 rings (SSSR count). The Balaban J connectivity index is 2.85. The molecule has 0 amide bonds. The lowest BCUT2D eigenvalue weighted by Crippen LogP contribution is -2.16. The highest BCUT2D eigenvalue weighted by atomic mass is 28.3. The first kappa shape index (κ1) is 11.9. The van der Waals surface area contributed by atoms with E-state index < -0.39 is 8.07 Å². The number of rotatable bonds is 1. The molecule has 0 aliphatic carbocycles. The summed E-state index contributed by atoms with van der Waals surface area (Å²) in [6.07, 6.45) is 0. The van der Waals surface area contributed by atoms with E-state index in [1.165, 1.54) is 5.69 Å². The van der Waals surface area contributed by atoms with Crippen molar-refractivity contribution in [2.75, 3.05) is 19.0 Å². The van der Waals surface area contributed by atoms with Crippen molar-refractivity contribution < 1.29 is 0 Å². The molecule has 0 atom stereocenters. The fourth-order valence-electron chi connectivity index (χ4n) is 1.10. The van der Waals surface area contributed by atoms with Gasteiger partial charge in [0.15, 0.2) is 0 Å². The topological polar surface area (TPSA) is 3.24 Å². The Bertz CT molecular complexity index is 374. The first-order valence-corrected chi connectivity index (χ1v) is 8.69. The number of nitrogens with zero attached hydrogens (tertiary/aromatic N) is 1. The minimum Gasteiger partial charge on any atom is -0.378 e. The van der Waals surface area contributed by atoms with Crippen LogP contribution in [0.2, 0.25) is 19.6 Å². The Morgan fingerprint density at radius 3 is 1.93 bits per heavy atom. The van der Waals surface area contributed by atoms with Crippen molar-refractivity contribution in [3.05, 3.63) is 29.8 Å². The minimum atomic E-state index is -1.25. The highest BCUT2D eigenvalue weighted by Crippen LogP contribution is 2.11. The Kier molecular flexibility index (Phi) is 3.60. The molecule has 1 nitrogen and oxygen atoms in total. The molecule has 1 aromatic carbocycles. The van der Waals surface area contributed by atoms with Crippen LogP contribution in [0.4, 0.5) is 5.69 Å². The Labute approximate surface area is 94.1 Å². The molecule has 0 aromatic heterocycles. The fraction of sp³-hybridized carbons (Fsp3) is 0.385. The van der Waals surface area contributed by atoms with Crippen LogP contribution >= 0.6 is 0 Å². The van der Waals surface area contributed by atoms with E-state index in [1.807, 2.05) is 14.1 Å². The van der Waals surface area contributed by atoms with Gasteiger partial charge < -0.3 is 4.90 Å². The summed E-state index contributed by atoms with van der Waals surface area (Å²) in [5.41, 5.74) is 5.69. The number of anilines is 1. The average molecular weight is 217 g/mol. The standard InChI is InChI=1S/C13H19NSi/c1-14(2)13-8-6-12(7-9-13)10-11-15(3,4)5/h6-9H,1-5H3. The smallest absolute Gasteiger partial charge is 0.129 e. The molecule has 0 saturated heterocycles. The normalized spacial score (nSPS) is 10.5. The number of benzene rings is 1. The van der Waals surface area contributed by atoms with Gasteiger partial charge in [-0.1, -0.05) is 25.6 Å². The third-order valence-corrected chi connectivity index (χ3v) is 2.84. The van der Waals surface area contributed by atoms with Crippen LogP contribution in [-0.4, -0.2) is 22.2 Å². The summed E-state index contributed by atoms with van der Waals surface area (Å²) in [6.45, 7) is 6.77. The monoisotopic (exact) mass is 217 g/mol. The quantitative estimate of drug-likeness (QED) is 0.516. The Hall–Kier alpha value is -1.20. The summed E-state index contributed by atoms with van der Waals surface area (Å²) in [5, 5.41) is 0. The fourth-order valence-corrected chi connectivity index (χ4v) is 1.62. The van der Waals surface area contributed by atoms with Crippen molar-refractivity contribution >= 4 is 13.8 Å². The maximum absolute atomic E-state index is 3.36. The molecular weight excluding hydrogens is 198 g/mol. The predicted octanol–water partition coefficient (Wildman–Crippen LogP) is 2.98. The van der Waals surface area contributed by atoms with Gasteiger partial charge in [0.05, 0.1) is 0 Å². The summed E-state index contributed by atoms with van der Waals surface area (Å²) >= 11 is 0. The van der Waals surface area contributed by atoms with Gasteiger partial charge in [0.2, 0.25) is 0 Å². The predicted molar refractivity (Wildman–Crippen MR) is 71.0 cm³/mol. The van der Waals surface area contributed by atoms with E-state index in [1.54, 1.807) is 0 Å². The van der Waals surface area contributed by atoms with Crippen molar-refractivity contribution in [1.82, 2.24) is 0 Å². The van der Waals surface area contributed by atoms with E-state index in [4.69, 9.17) is 0 Å². The Morgan fingerprint density at radius 2 is 1.53 bits per heavy atom. The van der Waals surface area contributed by atoms with Crippen LogP contribution in [0.15, 0.2) is 24.3 Å². The van der Waals surface area contributed by atoms with Gasteiger partial charge in [-0.15, -0.1) is 5.54 Å². The van der Waals surface area contributed by atoms with E-state index >= 15 is 0 Å². The zero-order valence-corrected chi connectivity index (χ0v) is 11.3. The maximum atomic E-state index is 3.36. The van der Waals surface area contributed by atoms with Gasteiger partial charge in [0, 0.05) is 25.3 Å². The summed E-state index contributed by atoms with van der Waals surface area (Å²) < 4.78 is 0. The van der Waals surface area contributed by atoms with Gasteiger partial charge in [-0.3, -0.25) is 0 Å². The van der Waals surface area contributed by atoms with Crippen molar-refractivity contribution in [2.45, 2.75) is 19.6 Å². The van der Waals surface area contributed by atoms with Gasteiger partial charge in [-0.05, 0) is 24.3 Å². The molecule has 0 fully saturated rings. The molecule has 0 spiro atoms. The highest BCUT2D eigenvalue weighted by molar-refractivity contribution is 6.83. The molecule has 0 radical (unpaired) electrons.